The molecule has 15 heavy (non-hydrogen) atoms. The second kappa shape index (κ2) is 3.94. The summed E-state index contributed by atoms with van der Waals surface area (Å²) in [6.07, 6.45) is 5.30. The molecule has 78 valence electrons. The van der Waals surface area contributed by atoms with Crippen LogP contribution in [0, 0.1) is 0 Å². The fourth-order valence-electron chi connectivity index (χ4n) is 1.31. The molecule has 0 spiro atoms. The van der Waals surface area contributed by atoms with E-state index >= 15 is 0 Å². The van der Waals surface area contributed by atoms with E-state index in [-0.39, 0.29) is 18.4 Å². The van der Waals surface area contributed by atoms with Gasteiger partial charge in [0.15, 0.2) is 0 Å². The van der Waals surface area contributed by atoms with Crippen molar-refractivity contribution in [1.29, 1.82) is 0 Å². The zero-order valence-corrected chi connectivity index (χ0v) is 9.08. The van der Waals surface area contributed by atoms with Gasteiger partial charge in [-0.2, -0.15) is 0 Å². The number of aryl methyl sites for hydroxylation is 1. The molecule has 0 aliphatic carbocycles. The number of hydrogen-bond acceptors (Lipinski definition) is 4. The first kappa shape index (κ1) is 10.0. The van der Waals surface area contributed by atoms with E-state index in [1.165, 1.54) is 28.4 Å². The number of amides is 2. The molecule has 0 aromatic carbocycles. The summed E-state index contributed by atoms with van der Waals surface area (Å²) in [5.74, 6) is -0.513. The summed E-state index contributed by atoms with van der Waals surface area (Å²) < 4.78 is 0. The van der Waals surface area contributed by atoms with Gasteiger partial charge in [-0.05, 0) is 6.42 Å². The van der Waals surface area contributed by atoms with Gasteiger partial charge in [-0.15, -0.1) is 11.3 Å². The van der Waals surface area contributed by atoms with Gasteiger partial charge in [0, 0.05) is 23.2 Å². The minimum atomic E-state index is -0.256. The maximum absolute atomic E-state index is 11.3. The quantitative estimate of drug-likeness (QED) is 0.720. The second-order valence-corrected chi connectivity index (χ2v) is 4.37. The SMILES string of the molecule is CCc1cnc(CN2C(=O)C=CC2=O)s1. The third-order valence-corrected chi connectivity index (χ3v) is 3.27. The lowest BCUT2D eigenvalue weighted by Crippen LogP contribution is -2.29. The maximum atomic E-state index is 11.3. The van der Waals surface area contributed by atoms with Gasteiger partial charge in [-0.1, -0.05) is 6.92 Å². The average molecular weight is 222 g/mol. The van der Waals surface area contributed by atoms with Gasteiger partial charge in [-0.25, -0.2) is 4.98 Å². The summed E-state index contributed by atoms with van der Waals surface area (Å²) in [5.41, 5.74) is 0. The molecule has 2 heterocycles. The van der Waals surface area contributed by atoms with Gasteiger partial charge in [0.05, 0.1) is 6.54 Å². The summed E-state index contributed by atoms with van der Waals surface area (Å²) in [6.45, 7) is 2.33. The summed E-state index contributed by atoms with van der Waals surface area (Å²) in [6, 6.07) is 0. The molecule has 0 unspecified atom stereocenters. The Morgan fingerprint density at radius 3 is 2.53 bits per heavy atom. The highest BCUT2D eigenvalue weighted by Crippen LogP contribution is 2.17. The van der Waals surface area contributed by atoms with Gasteiger partial charge in [-0.3, -0.25) is 14.5 Å². The van der Waals surface area contributed by atoms with Crippen LogP contribution in [0.3, 0.4) is 0 Å². The lowest BCUT2D eigenvalue weighted by molar-refractivity contribution is -0.137. The third kappa shape index (κ3) is 1.97. The molecular weight excluding hydrogens is 212 g/mol. The van der Waals surface area contributed by atoms with Crippen LogP contribution >= 0.6 is 11.3 Å². The fourth-order valence-corrected chi connectivity index (χ4v) is 2.16. The fraction of sp³-hybridized carbons (Fsp3) is 0.300. The Balaban J connectivity index is 2.09. The van der Waals surface area contributed by atoms with E-state index in [0.717, 1.165) is 16.3 Å². The number of carbonyl (C=O) groups excluding carboxylic acids is 2. The Hall–Kier alpha value is -1.49. The molecule has 0 bridgehead atoms. The highest BCUT2D eigenvalue weighted by molar-refractivity contribution is 7.11. The minimum Gasteiger partial charge on any atom is -0.269 e. The highest BCUT2D eigenvalue weighted by Gasteiger charge is 2.24. The van der Waals surface area contributed by atoms with Crippen LogP contribution in [0.5, 0.6) is 0 Å². The van der Waals surface area contributed by atoms with E-state index in [2.05, 4.69) is 4.98 Å². The minimum absolute atomic E-state index is 0.256. The number of rotatable bonds is 3. The van der Waals surface area contributed by atoms with Crippen LogP contribution in [0.4, 0.5) is 0 Å². The van der Waals surface area contributed by atoms with Crippen LogP contribution in [-0.4, -0.2) is 21.7 Å². The number of imide groups is 1. The van der Waals surface area contributed by atoms with Gasteiger partial charge in [0.2, 0.25) is 0 Å². The smallest absolute Gasteiger partial charge is 0.254 e. The van der Waals surface area contributed by atoms with Crippen molar-refractivity contribution in [3.05, 3.63) is 28.2 Å². The average Bonchev–Trinajstić information content (AvgIpc) is 2.80. The summed E-state index contributed by atoms with van der Waals surface area (Å²) >= 11 is 1.54. The maximum Gasteiger partial charge on any atom is 0.254 e. The van der Waals surface area contributed by atoms with Crippen molar-refractivity contribution in [2.24, 2.45) is 0 Å². The van der Waals surface area contributed by atoms with E-state index in [1.807, 2.05) is 6.92 Å². The molecule has 1 aromatic heterocycles. The van der Waals surface area contributed by atoms with Gasteiger partial charge >= 0.3 is 0 Å². The van der Waals surface area contributed by atoms with Crippen LogP contribution in [0.1, 0.15) is 16.8 Å². The molecule has 1 aliphatic heterocycles. The molecule has 5 heteroatoms. The molecular formula is C10H10N2O2S. The first-order valence-corrected chi connectivity index (χ1v) is 5.49. The lowest BCUT2D eigenvalue weighted by atomic mass is 10.4. The molecule has 0 saturated heterocycles. The molecule has 0 N–H and O–H groups in total. The molecule has 2 amide bonds. The predicted molar refractivity (Wildman–Crippen MR) is 56.2 cm³/mol. The van der Waals surface area contributed by atoms with Crippen molar-refractivity contribution < 1.29 is 9.59 Å². The molecule has 1 aliphatic rings. The van der Waals surface area contributed by atoms with Crippen molar-refractivity contribution >= 4 is 23.2 Å². The number of thiazole rings is 1. The van der Waals surface area contributed by atoms with Crippen molar-refractivity contribution in [1.82, 2.24) is 9.88 Å². The predicted octanol–water partition coefficient (Wildman–Crippen LogP) is 1.13. The van der Waals surface area contributed by atoms with E-state index in [0.29, 0.717) is 0 Å². The normalized spacial score (nSPS) is 15.4. The van der Waals surface area contributed by atoms with Crippen molar-refractivity contribution in [2.75, 3.05) is 0 Å². The van der Waals surface area contributed by atoms with Crippen LogP contribution in [-0.2, 0) is 22.6 Å². The monoisotopic (exact) mass is 222 g/mol. The molecule has 2 rings (SSSR count). The standard InChI is InChI=1S/C10H10N2O2S/c1-2-7-5-11-8(15-7)6-12-9(13)3-4-10(12)14/h3-5H,2,6H2,1H3. The molecule has 0 fully saturated rings. The molecule has 1 aromatic rings. The zero-order chi connectivity index (χ0) is 10.8. The van der Waals surface area contributed by atoms with Crippen LogP contribution in [0.15, 0.2) is 18.3 Å². The van der Waals surface area contributed by atoms with E-state index in [9.17, 15) is 9.59 Å². The Labute approximate surface area is 91.2 Å². The summed E-state index contributed by atoms with van der Waals surface area (Å²) in [7, 11) is 0. The van der Waals surface area contributed by atoms with Crippen LogP contribution < -0.4 is 0 Å². The second-order valence-electron chi connectivity index (χ2n) is 3.17. The van der Waals surface area contributed by atoms with Crippen molar-refractivity contribution in [3.8, 4) is 0 Å². The Bertz CT molecular complexity index is 418. The van der Waals surface area contributed by atoms with Crippen molar-refractivity contribution in [3.63, 3.8) is 0 Å². The molecule has 0 saturated carbocycles. The number of nitrogens with zero attached hydrogens (tertiary/aromatic N) is 2. The van der Waals surface area contributed by atoms with E-state index in [4.69, 9.17) is 0 Å². The molecule has 0 atom stereocenters. The van der Waals surface area contributed by atoms with Crippen molar-refractivity contribution in [2.45, 2.75) is 19.9 Å². The third-order valence-electron chi connectivity index (χ3n) is 2.14. The molecule has 0 radical (unpaired) electrons. The zero-order valence-electron chi connectivity index (χ0n) is 8.27. The van der Waals surface area contributed by atoms with E-state index < -0.39 is 0 Å². The topological polar surface area (TPSA) is 50.3 Å². The first-order chi connectivity index (χ1) is 7.20. The number of aromatic nitrogens is 1. The highest BCUT2D eigenvalue weighted by atomic mass is 32.1. The Kier molecular flexibility index (Phi) is 2.64. The van der Waals surface area contributed by atoms with Gasteiger partial charge < -0.3 is 0 Å². The Morgan fingerprint density at radius 1 is 1.33 bits per heavy atom. The van der Waals surface area contributed by atoms with Crippen LogP contribution in [0.2, 0.25) is 0 Å². The lowest BCUT2D eigenvalue weighted by Gasteiger charge is -2.10. The van der Waals surface area contributed by atoms with Crippen LogP contribution in [0.25, 0.3) is 0 Å². The van der Waals surface area contributed by atoms with Gasteiger partial charge in [0.1, 0.15) is 5.01 Å². The number of carbonyl (C=O) groups is 2. The molecule has 4 nitrogen and oxygen atoms in total. The largest absolute Gasteiger partial charge is 0.269 e. The first-order valence-electron chi connectivity index (χ1n) is 4.68. The Morgan fingerprint density at radius 2 is 2.00 bits per heavy atom. The summed E-state index contributed by atoms with van der Waals surface area (Å²) in [5, 5.41) is 0.803. The number of hydrogen-bond donors (Lipinski definition) is 0. The van der Waals surface area contributed by atoms with E-state index in [1.54, 1.807) is 6.20 Å². The summed E-state index contributed by atoms with van der Waals surface area (Å²) in [4.78, 5) is 29.0. The van der Waals surface area contributed by atoms with Gasteiger partial charge in [0.25, 0.3) is 11.8 Å².